The molecule has 0 bridgehead atoms. The highest BCUT2D eigenvalue weighted by Crippen LogP contribution is 2.38. The maximum Gasteiger partial charge on any atom is 0.293 e. The Bertz CT molecular complexity index is 609. The topological polar surface area (TPSA) is 42.1 Å². The summed E-state index contributed by atoms with van der Waals surface area (Å²) in [6.07, 6.45) is 6.70. The molecular formula is C17H21NO2. The molecule has 1 aromatic heterocycles. The Labute approximate surface area is 119 Å². The molecule has 1 aliphatic carbocycles. The molecule has 20 heavy (non-hydrogen) atoms. The highest BCUT2D eigenvalue weighted by molar-refractivity contribution is 5.85. The molecular weight excluding hydrogens is 250 g/mol. The fourth-order valence-corrected chi connectivity index (χ4v) is 3.54. The lowest BCUT2D eigenvalue weighted by atomic mass is 9.83. The van der Waals surface area contributed by atoms with E-state index in [4.69, 9.17) is 4.74 Å². The van der Waals surface area contributed by atoms with E-state index in [2.05, 4.69) is 30.1 Å². The number of rotatable bonds is 4. The molecule has 0 amide bonds. The highest BCUT2D eigenvalue weighted by atomic mass is 16.5. The molecule has 0 unspecified atom stereocenters. The molecule has 0 aliphatic heterocycles. The minimum absolute atomic E-state index is 0.344. The first-order valence-corrected chi connectivity index (χ1v) is 7.46. The summed E-state index contributed by atoms with van der Waals surface area (Å²) in [6.45, 7) is 3.01. The predicted octanol–water partition coefficient (Wildman–Crippen LogP) is 4.20. The molecule has 0 saturated heterocycles. The number of ether oxygens (including phenoxy) is 1. The zero-order valence-electron chi connectivity index (χ0n) is 11.9. The Morgan fingerprint density at radius 2 is 2.10 bits per heavy atom. The SMILES string of the molecule is Cc1[nH]c2cc(COC=O)ccc2c1C1CCCCC1. The van der Waals surface area contributed by atoms with Gasteiger partial charge in [0, 0.05) is 16.6 Å². The van der Waals surface area contributed by atoms with Crippen LogP contribution in [0.3, 0.4) is 0 Å². The lowest BCUT2D eigenvalue weighted by Gasteiger charge is -2.22. The van der Waals surface area contributed by atoms with E-state index >= 15 is 0 Å². The van der Waals surface area contributed by atoms with Gasteiger partial charge in [0.15, 0.2) is 0 Å². The van der Waals surface area contributed by atoms with Crippen LogP contribution in [0.2, 0.25) is 0 Å². The van der Waals surface area contributed by atoms with E-state index in [1.54, 1.807) is 0 Å². The van der Waals surface area contributed by atoms with Crippen molar-refractivity contribution >= 4 is 17.4 Å². The lowest BCUT2D eigenvalue weighted by Crippen LogP contribution is -2.05. The number of carbonyl (C=O) groups is 1. The Hall–Kier alpha value is -1.77. The van der Waals surface area contributed by atoms with Crippen LogP contribution < -0.4 is 0 Å². The van der Waals surface area contributed by atoms with Gasteiger partial charge in [0.2, 0.25) is 0 Å². The van der Waals surface area contributed by atoms with Gasteiger partial charge < -0.3 is 9.72 Å². The third kappa shape index (κ3) is 2.45. The van der Waals surface area contributed by atoms with Crippen molar-refractivity contribution in [3.8, 4) is 0 Å². The molecule has 1 N–H and O–H groups in total. The second-order valence-corrected chi connectivity index (χ2v) is 5.79. The maximum absolute atomic E-state index is 10.3. The van der Waals surface area contributed by atoms with Crippen LogP contribution in [0.25, 0.3) is 10.9 Å². The van der Waals surface area contributed by atoms with Gasteiger partial charge in [-0.15, -0.1) is 0 Å². The van der Waals surface area contributed by atoms with Gasteiger partial charge in [0.05, 0.1) is 0 Å². The van der Waals surface area contributed by atoms with Crippen LogP contribution in [-0.4, -0.2) is 11.5 Å². The molecule has 1 heterocycles. The number of nitrogens with one attached hydrogen (secondary N) is 1. The van der Waals surface area contributed by atoms with Gasteiger partial charge in [0.1, 0.15) is 6.61 Å². The first kappa shape index (κ1) is 13.2. The number of benzene rings is 1. The molecule has 3 heteroatoms. The van der Waals surface area contributed by atoms with Crippen molar-refractivity contribution in [1.82, 2.24) is 4.98 Å². The number of H-pyrrole nitrogens is 1. The summed E-state index contributed by atoms with van der Waals surface area (Å²) < 4.78 is 4.83. The fourth-order valence-electron chi connectivity index (χ4n) is 3.54. The van der Waals surface area contributed by atoms with Crippen LogP contribution in [0, 0.1) is 6.92 Å². The average molecular weight is 271 g/mol. The van der Waals surface area contributed by atoms with Gasteiger partial charge in [-0.2, -0.15) is 0 Å². The number of hydrogen-bond acceptors (Lipinski definition) is 2. The maximum atomic E-state index is 10.3. The van der Waals surface area contributed by atoms with Crippen molar-refractivity contribution < 1.29 is 9.53 Å². The summed E-state index contributed by atoms with van der Waals surface area (Å²) in [6, 6.07) is 6.33. The van der Waals surface area contributed by atoms with E-state index in [9.17, 15) is 4.79 Å². The van der Waals surface area contributed by atoms with E-state index in [1.165, 1.54) is 48.7 Å². The predicted molar refractivity (Wildman–Crippen MR) is 79.7 cm³/mol. The van der Waals surface area contributed by atoms with E-state index < -0.39 is 0 Å². The zero-order chi connectivity index (χ0) is 13.9. The van der Waals surface area contributed by atoms with Crippen LogP contribution in [0.5, 0.6) is 0 Å². The molecule has 3 rings (SSSR count). The minimum atomic E-state index is 0.344. The van der Waals surface area contributed by atoms with E-state index in [0.717, 1.165) is 11.1 Å². The van der Waals surface area contributed by atoms with Crippen molar-refractivity contribution in [2.45, 2.75) is 51.6 Å². The number of aryl methyl sites for hydroxylation is 1. The summed E-state index contributed by atoms with van der Waals surface area (Å²) >= 11 is 0. The second kappa shape index (κ2) is 5.70. The van der Waals surface area contributed by atoms with Gasteiger partial charge in [-0.1, -0.05) is 31.4 Å². The third-order valence-corrected chi connectivity index (χ3v) is 4.43. The molecule has 0 spiro atoms. The summed E-state index contributed by atoms with van der Waals surface area (Å²) in [7, 11) is 0. The molecule has 1 fully saturated rings. The highest BCUT2D eigenvalue weighted by Gasteiger charge is 2.21. The minimum Gasteiger partial charge on any atom is -0.463 e. The molecule has 2 aromatic rings. The second-order valence-electron chi connectivity index (χ2n) is 5.79. The molecule has 106 valence electrons. The summed E-state index contributed by atoms with van der Waals surface area (Å²) in [5.74, 6) is 0.703. The number of aromatic nitrogens is 1. The number of aromatic amines is 1. The number of hydrogen-bond donors (Lipinski definition) is 1. The third-order valence-electron chi connectivity index (χ3n) is 4.43. The summed E-state index contributed by atoms with van der Waals surface area (Å²) in [4.78, 5) is 13.8. The van der Waals surface area contributed by atoms with Gasteiger partial charge in [0.25, 0.3) is 6.47 Å². The van der Waals surface area contributed by atoms with Gasteiger partial charge in [-0.3, -0.25) is 4.79 Å². The molecule has 1 aromatic carbocycles. The van der Waals surface area contributed by atoms with Crippen LogP contribution in [0.1, 0.15) is 54.8 Å². The van der Waals surface area contributed by atoms with Gasteiger partial charge in [-0.05, 0) is 42.9 Å². The van der Waals surface area contributed by atoms with Crippen molar-refractivity contribution in [1.29, 1.82) is 0 Å². The number of carbonyl (C=O) groups excluding carboxylic acids is 1. The van der Waals surface area contributed by atoms with Crippen molar-refractivity contribution in [2.75, 3.05) is 0 Å². The molecule has 0 atom stereocenters. The van der Waals surface area contributed by atoms with Crippen LogP contribution >= 0.6 is 0 Å². The Morgan fingerprint density at radius 1 is 1.30 bits per heavy atom. The van der Waals surface area contributed by atoms with E-state index in [1.807, 2.05) is 0 Å². The van der Waals surface area contributed by atoms with Crippen LogP contribution in [0.4, 0.5) is 0 Å². The molecule has 3 nitrogen and oxygen atoms in total. The summed E-state index contributed by atoms with van der Waals surface area (Å²) in [5, 5.41) is 1.34. The van der Waals surface area contributed by atoms with Crippen molar-refractivity contribution in [3.63, 3.8) is 0 Å². The fraction of sp³-hybridized carbons (Fsp3) is 0.471. The van der Waals surface area contributed by atoms with Crippen LogP contribution in [-0.2, 0) is 16.1 Å². The Morgan fingerprint density at radius 3 is 2.85 bits per heavy atom. The van der Waals surface area contributed by atoms with E-state index in [-0.39, 0.29) is 0 Å². The van der Waals surface area contributed by atoms with Crippen molar-refractivity contribution in [2.24, 2.45) is 0 Å². The Kier molecular flexibility index (Phi) is 3.77. The van der Waals surface area contributed by atoms with E-state index in [0.29, 0.717) is 19.0 Å². The average Bonchev–Trinajstić information content (AvgIpc) is 2.81. The monoisotopic (exact) mass is 271 g/mol. The first-order chi connectivity index (χ1) is 9.79. The standard InChI is InChI=1S/C17H21NO2/c1-12-17(14-5-3-2-4-6-14)15-8-7-13(10-20-11-19)9-16(15)18-12/h7-9,11,14,18H,2-6,10H2,1H3. The smallest absolute Gasteiger partial charge is 0.293 e. The van der Waals surface area contributed by atoms with Gasteiger partial charge >= 0.3 is 0 Å². The largest absolute Gasteiger partial charge is 0.463 e. The normalized spacial score (nSPS) is 16.4. The Balaban J connectivity index is 1.96. The van der Waals surface area contributed by atoms with Gasteiger partial charge in [-0.25, -0.2) is 0 Å². The van der Waals surface area contributed by atoms with Crippen LogP contribution in [0.15, 0.2) is 18.2 Å². The van der Waals surface area contributed by atoms with Crippen molar-refractivity contribution in [3.05, 3.63) is 35.0 Å². The first-order valence-electron chi connectivity index (χ1n) is 7.46. The number of fused-ring (bicyclic) bond motifs is 1. The zero-order valence-corrected chi connectivity index (χ0v) is 11.9. The quantitative estimate of drug-likeness (QED) is 0.847. The lowest BCUT2D eigenvalue weighted by molar-refractivity contribution is -0.129. The molecule has 0 radical (unpaired) electrons. The summed E-state index contributed by atoms with van der Waals surface area (Å²) in [5.41, 5.74) is 4.99. The molecule has 1 saturated carbocycles. The molecule has 1 aliphatic rings.